The highest BCUT2D eigenvalue weighted by atomic mass is 16.5. The summed E-state index contributed by atoms with van der Waals surface area (Å²) in [5, 5.41) is 6.68. The molecule has 0 aliphatic heterocycles. The second kappa shape index (κ2) is 12.3. The summed E-state index contributed by atoms with van der Waals surface area (Å²) < 4.78 is 16.3. The average Bonchev–Trinajstić information content (AvgIpc) is 2.64. The Kier molecular flexibility index (Phi) is 10.4. The van der Waals surface area contributed by atoms with Crippen LogP contribution < -0.4 is 24.8 Å². The SMILES string of the molecule is CCNC(=NCCCC(C)C)NCCc1ccc(OC)c(OC)c1OC. The maximum Gasteiger partial charge on any atom is 0.203 e. The molecule has 148 valence electrons. The molecule has 0 atom stereocenters. The second-order valence-electron chi connectivity index (χ2n) is 6.47. The topological polar surface area (TPSA) is 64.1 Å². The Labute approximate surface area is 158 Å². The fraction of sp³-hybridized carbons (Fsp3) is 0.650. The van der Waals surface area contributed by atoms with E-state index in [1.807, 2.05) is 12.1 Å². The molecule has 0 aromatic heterocycles. The molecule has 6 heteroatoms. The van der Waals surface area contributed by atoms with Crippen LogP contribution in [0.15, 0.2) is 17.1 Å². The minimum atomic E-state index is 0.627. The third kappa shape index (κ3) is 7.02. The number of ether oxygens (including phenoxy) is 3. The molecule has 0 aliphatic rings. The van der Waals surface area contributed by atoms with Crippen molar-refractivity contribution in [2.75, 3.05) is 41.0 Å². The fourth-order valence-electron chi connectivity index (χ4n) is 2.71. The summed E-state index contributed by atoms with van der Waals surface area (Å²) in [5.41, 5.74) is 1.06. The summed E-state index contributed by atoms with van der Waals surface area (Å²) in [6.07, 6.45) is 3.10. The molecular formula is C20H35N3O3. The van der Waals surface area contributed by atoms with Crippen LogP contribution in [0.2, 0.25) is 0 Å². The molecule has 0 unspecified atom stereocenters. The summed E-state index contributed by atoms with van der Waals surface area (Å²) in [4.78, 5) is 4.64. The minimum absolute atomic E-state index is 0.627. The first-order chi connectivity index (χ1) is 12.6. The standard InChI is InChI=1S/C20H35N3O3/c1-7-21-20(22-13-8-9-15(2)3)23-14-12-16-10-11-17(24-4)19(26-6)18(16)25-5/h10-11,15H,7-9,12-14H2,1-6H3,(H2,21,22,23). The van der Waals surface area contributed by atoms with E-state index < -0.39 is 0 Å². The van der Waals surface area contributed by atoms with Crippen LogP contribution in [0.5, 0.6) is 17.2 Å². The molecule has 0 saturated heterocycles. The lowest BCUT2D eigenvalue weighted by atomic mass is 10.1. The Bertz CT molecular complexity index is 559. The molecular weight excluding hydrogens is 330 g/mol. The summed E-state index contributed by atoms with van der Waals surface area (Å²) in [7, 11) is 4.89. The van der Waals surface area contributed by atoms with Gasteiger partial charge in [0.2, 0.25) is 5.75 Å². The molecule has 0 radical (unpaired) electrons. The third-order valence-corrected chi connectivity index (χ3v) is 4.03. The third-order valence-electron chi connectivity index (χ3n) is 4.03. The zero-order valence-corrected chi connectivity index (χ0v) is 17.1. The van der Waals surface area contributed by atoms with E-state index in [1.165, 1.54) is 6.42 Å². The number of benzene rings is 1. The second-order valence-corrected chi connectivity index (χ2v) is 6.47. The summed E-state index contributed by atoms with van der Waals surface area (Å²) in [5.74, 6) is 3.59. The van der Waals surface area contributed by atoms with Crippen molar-refractivity contribution in [1.29, 1.82) is 0 Å². The molecule has 2 N–H and O–H groups in total. The Morgan fingerprint density at radius 1 is 1.04 bits per heavy atom. The molecule has 0 spiro atoms. The van der Waals surface area contributed by atoms with Crippen molar-refractivity contribution in [2.24, 2.45) is 10.9 Å². The first-order valence-electron chi connectivity index (χ1n) is 9.37. The lowest BCUT2D eigenvalue weighted by molar-refractivity contribution is 0.322. The maximum absolute atomic E-state index is 5.54. The van der Waals surface area contributed by atoms with E-state index in [2.05, 4.69) is 36.4 Å². The van der Waals surface area contributed by atoms with Gasteiger partial charge in [-0.15, -0.1) is 0 Å². The van der Waals surface area contributed by atoms with Gasteiger partial charge < -0.3 is 24.8 Å². The van der Waals surface area contributed by atoms with Gasteiger partial charge >= 0.3 is 0 Å². The summed E-state index contributed by atoms with van der Waals surface area (Å²) in [6, 6.07) is 3.91. The largest absolute Gasteiger partial charge is 0.493 e. The molecule has 0 fully saturated rings. The van der Waals surface area contributed by atoms with Gasteiger partial charge in [0.1, 0.15) is 0 Å². The monoisotopic (exact) mass is 365 g/mol. The minimum Gasteiger partial charge on any atom is -0.493 e. The van der Waals surface area contributed by atoms with Crippen molar-refractivity contribution >= 4 is 5.96 Å². The van der Waals surface area contributed by atoms with Gasteiger partial charge in [-0.3, -0.25) is 4.99 Å². The number of nitrogens with one attached hydrogen (secondary N) is 2. The van der Waals surface area contributed by atoms with Crippen LogP contribution in [-0.4, -0.2) is 46.9 Å². The quantitative estimate of drug-likeness (QED) is 0.358. The molecule has 6 nitrogen and oxygen atoms in total. The zero-order valence-electron chi connectivity index (χ0n) is 17.1. The molecule has 0 saturated carbocycles. The van der Waals surface area contributed by atoms with Crippen LogP contribution in [0.25, 0.3) is 0 Å². The van der Waals surface area contributed by atoms with Gasteiger partial charge in [-0.1, -0.05) is 19.9 Å². The van der Waals surface area contributed by atoms with Crippen LogP contribution in [0.3, 0.4) is 0 Å². The van der Waals surface area contributed by atoms with Crippen LogP contribution in [-0.2, 0) is 6.42 Å². The highest BCUT2D eigenvalue weighted by Gasteiger charge is 2.15. The number of methoxy groups -OCH3 is 3. The van der Waals surface area contributed by atoms with E-state index in [4.69, 9.17) is 14.2 Å². The molecule has 0 bridgehead atoms. The molecule has 1 rings (SSSR count). The number of guanidine groups is 1. The number of nitrogens with zero attached hydrogens (tertiary/aromatic N) is 1. The van der Waals surface area contributed by atoms with Gasteiger partial charge in [0, 0.05) is 25.2 Å². The molecule has 0 aliphatic carbocycles. The summed E-state index contributed by atoms with van der Waals surface area (Å²) in [6.45, 7) is 8.99. The average molecular weight is 366 g/mol. The van der Waals surface area contributed by atoms with Crippen molar-refractivity contribution in [3.63, 3.8) is 0 Å². The van der Waals surface area contributed by atoms with Crippen LogP contribution in [0, 0.1) is 5.92 Å². The number of hydrogen-bond donors (Lipinski definition) is 2. The smallest absolute Gasteiger partial charge is 0.203 e. The highest BCUT2D eigenvalue weighted by molar-refractivity contribution is 5.79. The molecule has 1 aromatic rings. The Morgan fingerprint density at radius 2 is 1.77 bits per heavy atom. The first kappa shape index (κ1) is 21.9. The number of hydrogen-bond acceptors (Lipinski definition) is 4. The predicted molar refractivity (Wildman–Crippen MR) is 108 cm³/mol. The van der Waals surface area contributed by atoms with E-state index in [9.17, 15) is 0 Å². The zero-order chi connectivity index (χ0) is 19.4. The van der Waals surface area contributed by atoms with Crippen LogP contribution >= 0.6 is 0 Å². The van der Waals surface area contributed by atoms with Crippen LogP contribution in [0.1, 0.15) is 39.2 Å². The van der Waals surface area contributed by atoms with Gasteiger partial charge in [-0.25, -0.2) is 0 Å². The van der Waals surface area contributed by atoms with E-state index in [-0.39, 0.29) is 0 Å². The van der Waals surface area contributed by atoms with E-state index >= 15 is 0 Å². The van der Waals surface area contributed by atoms with Gasteiger partial charge in [0.25, 0.3) is 0 Å². The Balaban J connectivity index is 2.67. The molecule has 1 aromatic carbocycles. The van der Waals surface area contributed by atoms with Crippen molar-refractivity contribution in [1.82, 2.24) is 10.6 Å². The van der Waals surface area contributed by atoms with E-state index in [1.54, 1.807) is 21.3 Å². The number of aliphatic imine (C=N–C) groups is 1. The van der Waals surface area contributed by atoms with Crippen molar-refractivity contribution in [3.8, 4) is 17.2 Å². The molecule has 0 heterocycles. The summed E-state index contributed by atoms with van der Waals surface area (Å²) >= 11 is 0. The molecule has 0 amide bonds. The van der Waals surface area contributed by atoms with Gasteiger partial charge in [0.15, 0.2) is 17.5 Å². The lowest BCUT2D eigenvalue weighted by Crippen LogP contribution is -2.38. The highest BCUT2D eigenvalue weighted by Crippen LogP contribution is 2.39. The fourth-order valence-corrected chi connectivity index (χ4v) is 2.71. The maximum atomic E-state index is 5.54. The van der Waals surface area contributed by atoms with Crippen molar-refractivity contribution in [3.05, 3.63) is 17.7 Å². The Morgan fingerprint density at radius 3 is 2.35 bits per heavy atom. The van der Waals surface area contributed by atoms with Gasteiger partial charge in [-0.05, 0) is 38.2 Å². The molecule has 26 heavy (non-hydrogen) atoms. The van der Waals surface area contributed by atoms with Crippen molar-refractivity contribution in [2.45, 2.75) is 40.0 Å². The Hall–Kier alpha value is -2.11. The first-order valence-corrected chi connectivity index (χ1v) is 9.37. The lowest BCUT2D eigenvalue weighted by Gasteiger charge is -2.16. The van der Waals surface area contributed by atoms with Crippen molar-refractivity contribution < 1.29 is 14.2 Å². The van der Waals surface area contributed by atoms with E-state index in [0.717, 1.165) is 49.9 Å². The van der Waals surface area contributed by atoms with Gasteiger partial charge in [-0.2, -0.15) is 0 Å². The predicted octanol–water partition coefficient (Wildman–Crippen LogP) is 3.25. The van der Waals surface area contributed by atoms with Gasteiger partial charge in [0.05, 0.1) is 21.3 Å². The number of rotatable bonds is 11. The van der Waals surface area contributed by atoms with Crippen LogP contribution in [0.4, 0.5) is 0 Å². The van der Waals surface area contributed by atoms with E-state index in [0.29, 0.717) is 17.2 Å². The normalized spacial score (nSPS) is 11.4.